The van der Waals surface area contributed by atoms with Gasteiger partial charge in [-0.05, 0) is 62.1 Å². The van der Waals surface area contributed by atoms with E-state index < -0.39 is 23.0 Å². The maximum absolute atomic E-state index is 12.9. The number of benzene rings is 1. The maximum Gasteiger partial charge on any atom is 0.416 e. The number of alkyl halides is 3. The van der Waals surface area contributed by atoms with Crippen LogP contribution in [0.3, 0.4) is 0 Å². The summed E-state index contributed by atoms with van der Waals surface area (Å²) in [6.45, 7) is 4.57. The Kier molecular flexibility index (Phi) is 5.43. The Morgan fingerprint density at radius 2 is 1.91 bits per heavy atom. The highest BCUT2D eigenvalue weighted by atomic mass is 19.4. The van der Waals surface area contributed by atoms with Crippen molar-refractivity contribution in [3.63, 3.8) is 0 Å². The van der Waals surface area contributed by atoms with Crippen molar-refractivity contribution >= 4 is 0 Å². The summed E-state index contributed by atoms with van der Waals surface area (Å²) in [6, 6.07) is 8.97. The van der Waals surface area contributed by atoms with Crippen LogP contribution < -0.4 is 11.2 Å². The molecule has 5 rings (SSSR count). The van der Waals surface area contributed by atoms with Crippen LogP contribution in [0.4, 0.5) is 13.2 Å². The zero-order valence-electron chi connectivity index (χ0n) is 18.6. The van der Waals surface area contributed by atoms with Crippen molar-refractivity contribution in [2.24, 2.45) is 5.92 Å². The summed E-state index contributed by atoms with van der Waals surface area (Å²) in [7, 11) is 0. The third kappa shape index (κ3) is 4.18. The number of aryl methyl sites for hydroxylation is 2. The summed E-state index contributed by atoms with van der Waals surface area (Å²) in [5, 5.41) is 4.28. The van der Waals surface area contributed by atoms with Gasteiger partial charge in [-0.15, -0.1) is 0 Å². The summed E-state index contributed by atoms with van der Waals surface area (Å²) in [6.07, 6.45) is -1.09. The molecule has 3 heterocycles. The largest absolute Gasteiger partial charge is 0.416 e. The zero-order valence-corrected chi connectivity index (χ0v) is 18.6. The molecule has 0 radical (unpaired) electrons. The Bertz CT molecular complexity index is 1330. The molecule has 2 atom stereocenters. The van der Waals surface area contributed by atoms with Crippen molar-refractivity contribution in [3.8, 4) is 11.3 Å². The minimum absolute atomic E-state index is 0.0659. The Balaban J connectivity index is 1.23. The third-order valence-corrected chi connectivity index (χ3v) is 6.91. The van der Waals surface area contributed by atoms with E-state index in [4.69, 9.17) is 0 Å². The van der Waals surface area contributed by atoms with Gasteiger partial charge in [0.25, 0.3) is 5.56 Å². The smallest absolute Gasteiger partial charge is 0.302 e. The summed E-state index contributed by atoms with van der Waals surface area (Å²) < 4.78 is 39.9. The number of H-pyrrole nitrogens is 1. The van der Waals surface area contributed by atoms with Gasteiger partial charge >= 0.3 is 11.9 Å². The fourth-order valence-electron chi connectivity index (χ4n) is 5.10. The van der Waals surface area contributed by atoms with Crippen LogP contribution in [-0.2, 0) is 18.1 Å². The molecule has 34 heavy (non-hydrogen) atoms. The van der Waals surface area contributed by atoms with E-state index in [2.05, 4.69) is 20.0 Å². The first-order valence-electron chi connectivity index (χ1n) is 11.2. The molecular weight excluding hydrogens is 447 g/mol. The first-order valence-corrected chi connectivity index (χ1v) is 11.2. The summed E-state index contributed by atoms with van der Waals surface area (Å²) in [5.41, 5.74) is 0.697. The van der Waals surface area contributed by atoms with Crippen molar-refractivity contribution in [3.05, 3.63) is 80.3 Å². The first-order chi connectivity index (χ1) is 16.2. The van der Waals surface area contributed by atoms with Crippen LogP contribution in [0, 0.1) is 12.8 Å². The number of halogens is 3. The van der Waals surface area contributed by atoms with Gasteiger partial charge in [0, 0.05) is 42.5 Å². The van der Waals surface area contributed by atoms with Crippen LogP contribution in [0.25, 0.3) is 11.3 Å². The Hall–Kier alpha value is -3.27. The molecule has 0 unspecified atom stereocenters. The Labute approximate surface area is 193 Å². The minimum atomic E-state index is -4.33. The topological polar surface area (TPSA) is 83.9 Å². The van der Waals surface area contributed by atoms with Crippen molar-refractivity contribution < 1.29 is 13.2 Å². The maximum atomic E-state index is 12.9. The molecule has 1 aliphatic heterocycles. The van der Waals surface area contributed by atoms with Crippen molar-refractivity contribution in [1.82, 2.24) is 24.6 Å². The quantitative estimate of drug-likeness (QED) is 0.598. The molecule has 0 amide bonds. The molecule has 1 aliphatic carbocycles. The number of piperidine rings is 1. The van der Waals surface area contributed by atoms with Gasteiger partial charge in [-0.2, -0.15) is 18.3 Å². The van der Waals surface area contributed by atoms with E-state index in [1.807, 2.05) is 6.92 Å². The van der Waals surface area contributed by atoms with Crippen molar-refractivity contribution in [1.29, 1.82) is 0 Å². The number of rotatable bonds is 6. The van der Waals surface area contributed by atoms with Crippen LogP contribution in [-0.4, -0.2) is 44.3 Å². The van der Waals surface area contributed by atoms with E-state index in [9.17, 15) is 22.8 Å². The molecule has 0 spiro atoms. The number of likely N-dealkylation sites (tertiary alicyclic amines) is 1. The van der Waals surface area contributed by atoms with Crippen LogP contribution in [0.15, 0.2) is 52.2 Å². The summed E-state index contributed by atoms with van der Waals surface area (Å²) >= 11 is 0. The summed E-state index contributed by atoms with van der Waals surface area (Å²) in [5.74, 6) is 0.444. The number of pyridine rings is 1. The van der Waals surface area contributed by atoms with E-state index in [1.165, 1.54) is 4.68 Å². The molecule has 1 saturated carbocycles. The standard InChI is InChI=1S/C24H24F3N5O2/c1-15-11-16(7-8-28-15)20-21(33)29-22(34)32(30-20)10-2-9-31-13-19-12-23(19,14-31)17-3-5-18(6-4-17)24(25,26)27/h3-8,11,19H,2,9-10,12-14H2,1H3,(H,29,33,34)/t19-,23+/m0/s1. The molecule has 178 valence electrons. The number of hydrogen-bond donors (Lipinski definition) is 1. The monoisotopic (exact) mass is 471 g/mol. The molecule has 1 saturated heterocycles. The molecular formula is C24H24F3N5O2. The lowest BCUT2D eigenvalue weighted by Crippen LogP contribution is -2.35. The average Bonchev–Trinajstić information content (AvgIpc) is 3.36. The lowest BCUT2D eigenvalue weighted by atomic mass is 9.94. The normalized spacial score (nSPS) is 22.1. The van der Waals surface area contributed by atoms with Gasteiger partial charge in [-0.25, -0.2) is 9.48 Å². The highest BCUT2D eigenvalue weighted by Crippen LogP contribution is 2.59. The number of fused-ring (bicyclic) bond motifs is 1. The number of hydrogen-bond acceptors (Lipinski definition) is 5. The highest BCUT2D eigenvalue weighted by molar-refractivity contribution is 5.57. The number of aromatic nitrogens is 4. The lowest BCUT2D eigenvalue weighted by molar-refractivity contribution is -0.137. The van der Waals surface area contributed by atoms with Crippen LogP contribution >= 0.6 is 0 Å². The molecule has 2 aromatic heterocycles. The Morgan fingerprint density at radius 3 is 2.62 bits per heavy atom. The van der Waals surface area contributed by atoms with Crippen molar-refractivity contribution in [2.75, 3.05) is 19.6 Å². The highest BCUT2D eigenvalue weighted by Gasteiger charge is 2.60. The van der Waals surface area contributed by atoms with Gasteiger partial charge in [-0.1, -0.05) is 12.1 Å². The van der Waals surface area contributed by atoms with Gasteiger partial charge in [0.2, 0.25) is 0 Å². The van der Waals surface area contributed by atoms with Crippen LogP contribution in [0.1, 0.15) is 29.7 Å². The SMILES string of the molecule is Cc1cc(-c2nn(CCCN3C[C@@H]4C[C@]4(c4ccc(C(F)(F)F)cc4)C3)c(=O)[nH]c2=O)ccn1. The second-order valence-electron chi connectivity index (χ2n) is 9.24. The molecule has 1 aromatic carbocycles. The fraction of sp³-hybridized carbons (Fsp3) is 0.417. The predicted molar refractivity (Wildman–Crippen MR) is 119 cm³/mol. The Morgan fingerprint density at radius 1 is 1.15 bits per heavy atom. The van der Waals surface area contributed by atoms with E-state index in [0.717, 1.165) is 49.4 Å². The minimum Gasteiger partial charge on any atom is -0.302 e. The van der Waals surface area contributed by atoms with Gasteiger partial charge in [0.05, 0.1) is 5.56 Å². The van der Waals surface area contributed by atoms with E-state index in [1.54, 1.807) is 30.5 Å². The van der Waals surface area contributed by atoms with E-state index in [-0.39, 0.29) is 11.1 Å². The lowest BCUT2D eigenvalue weighted by Gasteiger charge is -2.21. The third-order valence-electron chi connectivity index (χ3n) is 6.91. The predicted octanol–water partition coefficient (Wildman–Crippen LogP) is 2.98. The molecule has 3 aromatic rings. The van der Waals surface area contributed by atoms with E-state index in [0.29, 0.717) is 24.4 Å². The summed E-state index contributed by atoms with van der Waals surface area (Å²) in [4.78, 5) is 33.2. The van der Waals surface area contributed by atoms with Crippen molar-refractivity contribution in [2.45, 2.75) is 37.9 Å². The van der Waals surface area contributed by atoms with E-state index >= 15 is 0 Å². The van der Waals surface area contributed by atoms with Gasteiger partial charge in [0.15, 0.2) is 5.69 Å². The van der Waals surface area contributed by atoms with Gasteiger partial charge in [-0.3, -0.25) is 14.8 Å². The molecule has 10 heteroatoms. The van der Waals surface area contributed by atoms with Gasteiger partial charge in [0.1, 0.15) is 0 Å². The van der Waals surface area contributed by atoms with Crippen LogP contribution in [0.5, 0.6) is 0 Å². The van der Waals surface area contributed by atoms with Crippen LogP contribution in [0.2, 0.25) is 0 Å². The molecule has 2 fully saturated rings. The number of aromatic amines is 1. The fourth-order valence-corrected chi connectivity index (χ4v) is 5.10. The zero-order chi connectivity index (χ0) is 24.1. The first kappa shape index (κ1) is 22.5. The molecule has 2 aliphatic rings. The number of nitrogens with zero attached hydrogens (tertiary/aromatic N) is 4. The molecule has 0 bridgehead atoms. The number of nitrogens with one attached hydrogen (secondary N) is 1. The van der Waals surface area contributed by atoms with Gasteiger partial charge < -0.3 is 4.90 Å². The average molecular weight is 471 g/mol. The second-order valence-corrected chi connectivity index (χ2v) is 9.24. The second kappa shape index (κ2) is 8.19. The molecule has 1 N–H and O–H groups in total. The molecule has 7 nitrogen and oxygen atoms in total.